The lowest BCUT2D eigenvalue weighted by Crippen LogP contribution is -2.45. The van der Waals surface area contributed by atoms with E-state index in [1.807, 2.05) is 0 Å². The molecule has 0 radical (unpaired) electrons. The van der Waals surface area contributed by atoms with Crippen LogP contribution >= 0.6 is 12.4 Å². The molecule has 0 spiro atoms. The van der Waals surface area contributed by atoms with Crippen LogP contribution in [0.4, 0.5) is 5.69 Å². The van der Waals surface area contributed by atoms with Crippen LogP contribution in [0.3, 0.4) is 0 Å². The van der Waals surface area contributed by atoms with E-state index in [-0.39, 0.29) is 35.6 Å². The molecule has 0 aromatic heterocycles. The van der Waals surface area contributed by atoms with E-state index in [2.05, 4.69) is 10.6 Å². The van der Waals surface area contributed by atoms with Crippen LogP contribution in [0.25, 0.3) is 0 Å². The Labute approximate surface area is 123 Å². The van der Waals surface area contributed by atoms with Gasteiger partial charge in [0.05, 0.1) is 4.92 Å². The first-order chi connectivity index (χ1) is 9.09. The number of amides is 1. The molecule has 1 aromatic rings. The van der Waals surface area contributed by atoms with Gasteiger partial charge < -0.3 is 10.6 Å². The number of carbonyl (C=O) groups excluding carboxylic acids is 1. The number of hydrogen-bond donors (Lipinski definition) is 2. The Kier molecular flexibility index (Phi) is 5.91. The fraction of sp³-hybridized carbons (Fsp3) is 0.462. The first kappa shape index (κ1) is 16.4. The number of hydrogen-bond acceptors (Lipinski definition) is 4. The van der Waals surface area contributed by atoms with Crippen molar-refractivity contribution < 1.29 is 9.72 Å². The van der Waals surface area contributed by atoms with Crippen LogP contribution in [0.5, 0.6) is 0 Å². The summed E-state index contributed by atoms with van der Waals surface area (Å²) < 4.78 is 0. The molecule has 6 nitrogen and oxygen atoms in total. The molecular formula is C13H18ClN3O3. The molecule has 20 heavy (non-hydrogen) atoms. The maximum absolute atomic E-state index is 12.2. The zero-order chi connectivity index (χ0) is 13.8. The summed E-state index contributed by atoms with van der Waals surface area (Å²) in [6.07, 6.45) is 1.90. The molecule has 7 heteroatoms. The van der Waals surface area contributed by atoms with Gasteiger partial charge in [0.25, 0.3) is 11.6 Å². The summed E-state index contributed by atoms with van der Waals surface area (Å²) in [7, 11) is 0. The first-order valence-electron chi connectivity index (χ1n) is 6.35. The average Bonchev–Trinajstić information content (AvgIpc) is 2.39. The fourth-order valence-corrected chi connectivity index (χ4v) is 2.33. The fourth-order valence-electron chi connectivity index (χ4n) is 2.33. The molecule has 1 amide bonds. The summed E-state index contributed by atoms with van der Waals surface area (Å²) in [5.41, 5.74) is 0.648. The van der Waals surface area contributed by atoms with Crippen molar-refractivity contribution in [3.63, 3.8) is 0 Å². The predicted molar refractivity (Wildman–Crippen MR) is 78.4 cm³/mol. The van der Waals surface area contributed by atoms with Crippen LogP contribution in [-0.2, 0) is 0 Å². The van der Waals surface area contributed by atoms with Crippen molar-refractivity contribution in [2.24, 2.45) is 0 Å². The van der Waals surface area contributed by atoms with E-state index in [1.165, 1.54) is 6.07 Å². The van der Waals surface area contributed by atoms with Crippen molar-refractivity contribution in [1.29, 1.82) is 0 Å². The molecule has 1 aliphatic heterocycles. The molecular weight excluding hydrogens is 282 g/mol. The van der Waals surface area contributed by atoms with Crippen molar-refractivity contribution in [2.45, 2.75) is 25.8 Å². The van der Waals surface area contributed by atoms with E-state index in [1.54, 1.807) is 19.1 Å². The van der Waals surface area contributed by atoms with E-state index in [4.69, 9.17) is 0 Å². The summed E-state index contributed by atoms with van der Waals surface area (Å²) >= 11 is 0. The normalized spacial score (nSPS) is 17.9. The number of carbonyl (C=O) groups is 1. The van der Waals surface area contributed by atoms with Crippen LogP contribution in [-0.4, -0.2) is 30.0 Å². The molecule has 2 rings (SSSR count). The smallest absolute Gasteiger partial charge is 0.282 e. The molecule has 1 aromatic carbocycles. The number of nitrogens with zero attached hydrogens (tertiary/aromatic N) is 1. The van der Waals surface area contributed by atoms with E-state index in [9.17, 15) is 14.9 Å². The second-order valence-corrected chi connectivity index (χ2v) is 4.74. The third kappa shape index (κ3) is 3.68. The Morgan fingerprint density at radius 2 is 2.25 bits per heavy atom. The monoisotopic (exact) mass is 299 g/mol. The summed E-state index contributed by atoms with van der Waals surface area (Å²) in [5.74, 6) is -0.362. The Morgan fingerprint density at radius 1 is 1.50 bits per heavy atom. The molecule has 0 saturated carbocycles. The van der Waals surface area contributed by atoms with Gasteiger partial charge >= 0.3 is 0 Å². The topological polar surface area (TPSA) is 84.3 Å². The highest BCUT2D eigenvalue weighted by Crippen LogP contribution is 2.22. The third-order valence-corrected chi connectivity index (χ3v) is 3.31. The number of nitrogens with one attached hydrogen (secondary N) is 2. The number of nitro groups is 1. The lowest BCUT2D eigenvalue weighted by Gasteiger charge is -2.24. The minimum Gasteiger partial charge on any atom is -0.348 e. The van der Waals surface area contributed by atoms with Crippen LogP contribution in [0, 0.1) is 17.0 Å². The van der Waals surface area contributed by atoms with Crippen molar-refractivity contribution >= 4 is 24.0 Å². The maximum Gasteiger partial charge on any atom is 0.282 e. The summed E-state index contributed by atoms with van der Waals surface area (Å²) in [4.78, 5) is 22.7. The van der Waals surface area contributed by atoms with E-state index in [0.29, 0.717) is 12.1 Å². The predicted octanol–water partition coefficient (Wildman–Crippen LogP) is 1.81. The van der Waals surface area contributed by atoms with Gasteiger partial charge in [0.2, 0.25) is 0 Å². The average molecular weight is 300 g/mol. The van der Waals surface area contributed by atoms with Gasteiger partial charge in [0, 0.05) is 18.7 Å². The largest absolute Gasteiger partial charge is 0.348 e. The van der Waals surface area contributed by atoms with Crippen LogP contribution < -0.4 is 10.6 Å². The zero-order valence-corrected chi connectivity index (χ0v) is 12.0. The zero-order valence-electron chi connectivity index (χ0n) is 11.2. The second-order valence-electron chi connectivity index (χ2n) is 4.74. The SMILES string of the molecule is Cc1cccc([N+](=O)[O-])c1C(=O)N[C@H]1CCCNC1.Cl. The van der Waals surface area contributed by atoms with Gasteiger partial charge in [-0.25, -0.2) is 0 Å². The Balaban J connectivity index is 0.00000200. The van der Waals surface area contributed by atoms with Crippen molar-refractivity contribution in [1.82, 2.24) is 10.6 Å². The number of nitro benzene ring substituents is 1. The molecule has 0 unspecified atom stereocenters. The van der Waals surface area contributed by atoms with Crippen LogP contribution in [0.2, 0.25) is 0 Å². The molecule has 1 aliphatic rings. The number of rotatable bonds is 3. The number of halogens is 1. The van der Waals surface area contributed by atoms with Gasteiger partial charge in [0.15, 0.2) is 0 Å². The minimum absolute atomic E-state index is 0. The molecule has 1 heterocycles. The second kappa shape index (κ2) is 7.21. The molecule has 0 aliphatic carbocycles. The quantitative estimate of drug-likeness (QED) is 0.658. The Morgan fingerprint density at radius 3 is 2.85 bits per heavy atom. The highest BCUT2D eigenvalue weighted by molar-refractivity contribution is 5.99. The number of piperidine rings is 1. The molecule has 1 atom stereocenters. The number of benzene rings is 1. The highest BCUT2D eigenvalue weighted by atomic mass is 35.5. The van der Waals surface area contributed by atoms with Crippen LogP contribution in [0.15, 0.2) is 18.2 Å². The molecule has 2 N–H and O–H groups in total. The number of aryl methyl sites for hydroxylation is 1. The van der Waals surface area contributed by atoms with Gasteiger partial charge in [-0.3, -0.25) is 14.9 Å². The molecule has 110 valence electrons. The first-order valence-corrected chi connectivity index (χ1v) is 6.35. The highest BCUT2D eigenvalue weighted by Gasteiger charge is 2.24. The van der Waals surface area contributed by atoms with Gasteiger partial charge in [-0.15, -0.1) is 12.4 Å². The molecule has 1 saturated heterocycles. The van der Waals surface area contributed by atoms with Crippen molar-refractivity contribution in [3.05, 3.63) is 39.4 Å². The summed E-state index contributed by atoms with van der Waals surface area (Å²) in [6, 6.07) is 4.70. The van der Waals surface area contributed by atoms with Gasteiger partial charge in [-0.2, -0.15) is 0 Å². The Hall–Kier alpha value is -1.66. The van der Waals surface area contributed by atoms with Gasteiger partial charge in [-0.1, -0.05) is 12.1 Å². The van der Waals surface area contributed by atoms with Gasteiger partial charge in [-0.05, 0) is 31.9 Å². The molecule has 0 bridgehead atoms. The third-order valence-electron chi connectivity index (χ3n) is 3.31. The summed E-state index contributed by atoms with van der Waals surface area (Å²) in [5, 5.41) is 17.0. The Bertz CT molecular complexity index is 502. The van der Waals surface area contributed by atoms with Gasteiger partial charge in [0.1, 0.15) is 5.56 Å². The van der Waals surface area contributed by atoms with Crippen molar-refractivity contribution in [3.8, 4) is 0 Å². The standard InChI is InChI=1S/C13H17N3O3.ClH/c1-9-4-2-6-11(16(18)19)12(9)13(17)15-10-5-3-7-14-8-10;/h2,4,6,10,14H,3,5,7-8H2,1H3,(H,15,17);1H/t10-;/m0./s1. The van der Waals surface area contributed by atoms with E-state index < -0.39 is 4.92 Å². The maximum atomic E-state index is 12.2. The minimum atomic E-state index is -0.513. The lowest BCUT2D eigenvalue weighted by molar-refractivity contribution is -0.385. The van der Waals surface area contributed by atoms with E-state index >= 15 is 0 Å². The van der Waals surface area contributed by atoms with E-state index in [0.717, 1.165) is 19.4 Å². The van der Waals surface area contributed by atoms with Crippen molar-refractivity contribution in [2.75, 3.05) is 13.1 Å². The van der Waals surface area contributed by atoms with Crippen LogP contribution in [0.1, 0.15) is 28.8 Å². The summed E-state index contributed by atoms with van der Waals surface area (Å²) in [6.45, 7) is 3.38. The lowest BCUT2D eigenvalue weighted by atomic mass is 10.0. The molecule has 1 fully saturated rings.